The molecule has 1 amide bonds. The number of morpholine rings is 1. The van der Waals surface area contributed by atoms with E-state index in [9.17, 15) is 13.2 Å². The van der Waals surface area contributed by atoms with Gasteiger partial charge in [-0.05, 0) is 31.9 Å². The molecule has 2 saturated heterocycles. The zero-order valence-electron chi connectivity index (χ0n) is 19.6. The predicted octanol–water partition coefficient (Wildman–Crippen LogP) is 1.98. The number of fused-ring (bicyclic) bond motifs is 3. The molecule has 10 heteroatoms. The number of benzene rings is 1. The van der Waals surface area contributed by atoms with Crippen LogP contribution in [0.5, 0.6) is 0 Å². The van der Waals surface area contributed by atoms with Crippen LogP contribution < -0.4 is 0 Å². The maximum atomic E-state index is 13.5. The van der Waals surface area contributed by atoms with Gasteiger partial charge in [0, 0.05) is 44.4 Å². The van der Waals surface area contributed by atoms with Gasteiger partial charge in [-0.25, -0.2) is 8.42 Å². The van der Waals surface area contributed by atoms with E-state index in [2.05, 4.69) is 4.90 Å². The zero-order valence-corrected chi connectivity index (χ0v) is 20.4. The molecule has 1 aromatic carbocycles. The van der Waals surface area contributed by atoms with E-state index >= 15 is 0 Å². The number of amides is 1. The standard InChI is InChI=1S/C24H32N4O5S/c1-32-14-11-26-9-4-5-18(8-10-26)28-23-19-6-2-3-7-21(19)34(30,31)17-20(23)22(25-28)24(29)27-12-15-33-16-13-27/h2-3,6-7,18H,4-5,8-17H2,1H3. The second-order valence-electron chi connectivity index (χ2n) is 9.20. The number of sulfone groups is 1. The van der Waals surface area contributed by atoms with Gasteiger partial charge in [-0.1, -0.05) is 18.2 Å². The number of ether oxygens (including phenoxy) is 2. The van der Waals surface area contributed by atoms with Crippen LogP contribution in [0.1, 0.15) is 41.4 Å². The van der Waals surface area contributed by atoms with E-state index in [1.165, 1.54) is 0 Å². The van der Waals surface area contributed by atoms with Crippen molar-refractivity contribution < 1.29 is 22.7 Å². The zero-order chi connectivity index (χ0) is 23.7. The minimum atomic E-state index is -3.56. The molecular weight excluding hydrogens is 456 g/mol. The van der Waals surface area contributed by atoms with Gasteiger partial charge in [-0.15, -0.1) is 0 Å². The van der Waals surface area contributed by atoms with E-state index < -0.39 is 9.84 Å². The Morgan fingerprint density at radius 2 is 1.94 bits per heavy atom. The molecule has 0 radical (unpaired) electrons. The lowest BCUT2D eigenvalue weighted by Crippen LogP contribution is -2.41. The Morgan fingerprint density at radius 3 is 2.74 bits per heavy atom. The minimum absolute atomic E-state index is 0.0985. The molecule has 1 unspecified atom stereocenters. The normalized spacial score (nSPS) is 22.6. The summed E-state index contributed by atoms with van der Waals surface area (Å²) in [6, 6.07) is 7.20. The molecule has 2 aromatic rings. The fourth-order valence-corrected chi connectivity index (χ4v) is 6.87. The molecule has 0 N–H and O–H groups in total. The molecule has 1 aromatic heterocycles. The van der Waals surface area contributed by atoms with Gasteiger partial charge >= 0.3 is 0 Å². The van der Waals surface area contributed by atoms with Crippen molar-refractivity contribution in [2.24, 2.45) is 0 Å². The van der Waals surface area contributed by atoms with Gasteiger partial charge in [0.2, 0.25) is 0 Å². The Labute approximate surface area is 200 Å². The summed E-state index contributed by atoms with van der Waals surface area (Å²) in [6.07, 6.45) is 2.82. The topological polar surface area (TPSA) is 94.0 Å². The summed E-state index contributed by atoms with van der Waals surface area (Å²) in [6.45, 7) is 5.44. The third-order valence-electron chi connectivity index (χ3n) is 7.07. The third kappa shape index (κ3) is 4.39. The summed E-state index contributed by atoms with van der Waals surface area (Å²) in [5.74, 6) is -0.402. The second kappa shape index (κ2) is 9.77. The first-order valence-electron chi connectivity index (χ1n) is 12.0. The van der Waals surface area contributed by atoms with Crippen molar-refractivity contribution in [2.45, 2.75) is 36.0 Å². The number of methoxy groups -OCH3 is 1. The molecule has 34 heavy (non-hydrogen) atoms. The van der Waals surface area contributed by atoms with E-state index in [1.807, 2.05) is 16.8 Å². The lowest BCUT2D eigenvalue weighted by atomic mass is 10.0. The monoisotopic (exact) mass is 488 g/mol. The number of nitrogens with zero attached hydrogens (tertiary/aromatic N) is 4. The average molecular weight is 489 g/mol. The Kier molecular flexibility index (Phi) is 6.74. The average Bonchev–Trinajstić information content (AvgIpc) is 3.05. The summed E-state index contributed by atoms with van der Waals surface area (Å²) < 4.78 is 39.0. The van der Waals surface area contributed by atoms with Gasteiger partial charge in [0.1, 0.15) is 0 Å². The first kappa shape index (κ1) is 23.5. The molecular formula is C24H32N4O5S. The van der Waals surface area contributed by atoms with Gasteiger partial charge in [0.25, 0.3) is 5.91 Å². The lowest BCUT2D eigenvalue weighted by molar-refractivity contribution is 0.0297. The predicted molar refractivity (Wildman–Crippen MR) is 126 cm³/mol. The molecule has 0 bridgehead atoms. The van der Waals surface area contributed by atoms with Crippen LogP contribution in [0.3, 0.4) is 0 Å². The molecule has 2 fully saturated rings. The quantitative estimate of drug-likeness (QED) is 0.635. The molecule has 0 spiro atoms. The summed E-state index contributed by atoms with van der Waals surface area (Å²) >= 11 is 0. The van der Waals surface area contributed by atoms with Crippen LogP contribution in [0.4, 0.5) is 0 Å². The molecule has 3 aliphatic rings. The summed E-state index contributed by atoms with van der Waals surface area (Å²) in [7, 11) is -1.84. The smallest absolute Gasteiger partial charge is 0.274 e. The molecule has 184 valence electrons. The van der Waals surface area contributed by atoms with E-state index in [-0.39, 0.29) is 23.4 Å². The molecule has 4 heterocycles. The number of likely N-dealkylation sites (tertiary alicyclic amines) is 1. The van der Waals surface area contributed by atoms with Gasteiger partial charge < -0.3 is 19.3 Å². The van der Waals surface area contributed by atoms with Crippen molar-refractivity contribution in [1.82, 2.24) is 19.6 Å². The van der Waals surface area contributed by atoms with Crippen LogP contribution in [0.25, 0.3) is 11.3 Å². The van der Waals surface area contributed by atoms with E-state index in [0.717, 1.165) is 44.6 Å². The number of carbonyl (C=O) groups is 1. The maximum Gasteiger partial charge on any atom is 0.274 e. The maximum absolute atomic E-state index is 13.5. The van der Waals surface area contributed by atoms with Crippen LogP contribution in [0.2, 0.25) is 0 Å². The van der Waals surface area contributed by atoms with Crippen molar-refractivity contribution in [3.8, 4) is 11.3 Å². The first-order chi connectivity index (χ1) is 16.5. The number of carbonyl (C=O) groups excluding carboxylic acids is 1. The number of hydrogen-bond acceptors (Lipinski definition) is 7. The summed E-state index contributed by atoms with van der Waals surface area (Å²) in [5.41, 5.74) is 2.25. The van der Waals surface area contributed by atoms with Crippen molar-refractivity contribution in [3.05, 3.63) is 35.5 Å². The fraction of sp³-hybridized carbons (Fsp3) is 0.583. The highest BCUT2D eigenvalue weighted by Gasteiger charge is 2.38. The number of hydrogen-bond donors (Lipinski definition) is 0. The Morgan fingerprint density at radius 1 is 1.15 bits per heavy atom. The van der Waals surface area contributed by atoms with Crippen LogP contribution in [0, 0.1) is 0 Å². The molecule has 1 atom stereocenters. The lowest BCUT2D eigenvalue weighted by Gasteiger charge is -2.26. The third-order valence-corrected chi connectivity index (χ3v) is 8.76. The highest BCUT2D eigenvalue weighted by atomic mass is 32.2. The molecule has 9 nitrogen and oxygen atoms in total. The van der Waals surface area contributed by atoms with Crippen LogP contribution in [-0.4, -0.2) is 93.6 Å². The van der Waals surface area contributed by atoms with Crippen molar-refractivity contribution in [3.63, 3.8) is 0 Å². The molecule has 5 rings (SSSR count). The van der Waals surface area contributed by atoms with Gasteiger partial charge in [0.15, 0.2) is 15.5 Å². The van der Waals surface area contributed by atoms with Gasteiger partial charge in [-0.2, -0.15) is 5.10 Å². The summed E-state index contributed by atoms with van der Waals surface area (Å²) in [4.78, 5) is 18.0. The minimum Gasteiger partial charge on any atom is -0.383 e. The Hall–Kier alpha value is -2.27. The number of rotatable bonds is 5. The van der Waals surface area contributed by atoms with Crippen molar-refractivity contribution in [2.75, 3.05) is 59.7 Å². The largest absolute Gasteiger partial charge is 0.383 e. The van der Waals surface area contributed by atoms with E-state index in [4.69, 9.17) is 14.6 Å². The molecule has 0 aliphatic carbocycles. The molecule has 3 aliphatic heterocycles. The highest BCUT2D eigenvalue weighted by molar-refractivity contribution is 7.90. The van der Waals surface area contributed by atoms with Crippen LogP contribution in [-0.2, 0) is 25.1 Å². The second-order valence-corrected chi connectivity index (χ2v) is 11.2. The first-order valence-corrected chi connectivity index (χ1v) is 13.7. The van der Waals surface area contributed by atoms with E-state index in [0.29, 0.717) is 48.9 Å². The van der Waals surface area contributed by atoms with Gasteiger partial charge in [0.05, 0.1) is 42.2 Å². The van der Waals surface area contributed by atoms with Crippen LogP contribution in [0.15, 0.2) is 29.2 Å². The molecule has 0 saturated carbocycles. The van der Waals surface area contributed by atoms with Crippen LogP contribution >= 0.6 is 0 Å². The van der Waals surface area contributed by atoms with Gasteiger partial charge in [-0.3, -0.25) is 9.48 Å². The van der Waals surface area contributed by atoms with E-state index in [1.54, 1.807) is 24.1 Å². The summed E-state index contributed by atoms with van der Waals surface area (Å²) in [5, 5.41) is 4.86. The Bertz CT molecular complexity index is 1160. The number of aromatic nitrogens is 2. The van der Waals surface area contributed by atoms with Crippen molar-refractivity contribution in [1.29, 1.82) is 0 Å². The highest BCUT2D eigenvalue weighted by Crippen LogP contribution is 2.42. The van der Waals surface area contributed by atoms with Crippen molar-refractivity contribution >= 4 is 15.7 Å². The SMILES string of the molecule is COCCN1CCCC(n2nc(C(=O)N3CCOCC3)c3c2-c2ccccc2S(=O)(=O)C3)CC1. The fourth-order valence-electron chi connectivity index (χ4n) is 5.27. The Balaban J connectivity index is 1.57.